The second kappa shape index (κ2) is 8.17. The van der Waals surface area contributed by atoms with Crippen LogP contribution < -0.4 is 0 Å². The van der Waals surface area contributed by atoms with Gasteiger partial charge >= 0.3 is 5.97 Å². The molecule has 5 nitrogen and oxygen atoms in total. The van der Waals surface area contributed by atoms with Crippen LogP contribution in [0.2, 0.25) is 0 Å². The first-order valence-corrected chi connectivity index (χ1v) is 9.43. The summed E-state index contributed by atoms with van der Waals surface area (Å²) in [5.41, 5.74) is 4.31. The summed E-state index contributed by atoms with van der Waals surface area (Å²) in [5, 5.41) is 4.21. The minimum Gasteiger partial charge on any atom is -0.465 e. The molecule has 0 N–H and O–H groups in total. The number of ether oxygens (including phenoxy) is 1. The van der Waals surface area contributed by atoms with Gasteiger partial charge in [-0.15, -0.1) is 0 Å². The molecule has 0 saturated carbocycles. The maximum absolute atomic E-state index is 13.4. The number of carbonyl (C=O) groups is 2. The molecular weight excluding hydrogens is 378 g/mol. The maximum atomic E-state index is 13.4. The zero-order valence-corrected chi connectivity index (χ0v) is 16.6. The van der Waals surface area contributed by atoms with Crippen LogP contribution in [-0.2, 0) is 4.74 Å². The lowest BCUT2D eigenvalue weighted by atomic mass is 9.95. The summed E-state index contributed by atoms with van der Waals surface area (Å²) >= 11 is 0. The lowest BCUT2D eigenvalue weighted by Crippen LogP contribution is -2.04. The fourth-order valence-corrected chi connectivity index (χ4v) is 3.22. The Morgan fingerprint density at radius 2 is 1.43 bits per heavy atom. The quantitative estimate of drug-likeness (QED) is 0.336. The van der Waals surface area contributed by atoms with Crippen molar-refractivity contribution in [1.29, 1.82) is 0 Å². The predicted octanol–water partition coefficient (Wildman–Crippen LogP) is 5.33. The van der Waals surface area contributed by atoms with E-state index in [1.165, 1.54) is 7.11 Å². The Morgan fingerprint density at radius 3 is 2.07 bits per heavy atom. The molecule has 0 spiro atoms. The molecule has 30 heavy (non-hydrogen) atoms. The van der Waals surface area contributed by atoms with Gasteiger partial charge in [-0.1, -0.05) is 77.5 Å². The number of carbonyl (C=O) groups excluding carboxylic acids is 2. The van der Waals surface area contributed by atoms with Crippen molar-refractivity contribution in [2.45, 2.75) is 6.92 Å². The van der Waals surface area contributed by atoms with Crippen LogP contribution >= 0.6 is 0 Å². The van der Waals surface area contributed by atoms with Gasteiger partial charge in [-0.3, -0.25) is 4.79 Å². The van der Waals surface area contributed by atoms with Crippen molar-refractivity contribution < 1.29 is 18.8 Å². The number of hydrogen-bond acceptors (Lipinski definition) is 5. The molecule has 0 amide bonds. The lowest BCUT2D eigenvalue weighted by Gasteiger charge is -2.06. The molecule has 5 heteroatoms. The van der Waals surface area contributed by atoms with E-state index in [0.717, 1.165) is 11.1 Å². The third-order valence-electron chi connectivity index (χ3n) is 4.85. The minimum atomic E-state index is -0.428. The molecule has 3 aromatic carbocycles. The van der Waals surface area contributed by atoms with E-state index in [-0.39, 0.29) is 5.78 Å². The Kier molecular flexibility index (Phi) is 5.26. The van der Waals surface area contributed by atoms with Crippen LogP contribution in [0.4, 0.5) is 0 Å². The lowest BCUT2D eigenvalue weighted by molar-refractivity contribution is 0.0600. The second-order valence-electron chi connectivity index (χ2n) is 6.87. The van der Waals surface area contributed by atoms with Crippen LogP contribution in [0, 0.1) is 6.92 Å². The molecule has 0 fully saturated rings. The highest BCUT2D eigenvalue weighted by Gasteiger charge is 2.26. The summed E-state index contributed by atoms with van der Waals surface area (Å²) in [7, 11) is 1.33. The molecule has 1 heterocycles. The summed E-state index contributed by atoms with van der Waals surface area (Å²) in [6.45, 7) is 1.99. The molecule has 0 aliphatic rings. The number of methoxy groups -OCH3 is 1. The molecule has 0 aliphatic heterocycles. The van der Waals surface area contributed by atoms with Gasteiger partial charge in [0.05, 0.1) is 18.2 Å². The first-order chi connectivity index (χ1) is 14.6. The van der Waals surface area contributed by atoms with E-state index < -0.39 is 5.97 Å². The zero-order valence-electron chi connectivity index (χ0n) is 16.6. The Morgan fingerprint density at radius 1 is 0.800 bits per heavy atom. The van der Waals surface area contributed by atoms with E-state index in [0.29, 0.717) is 33.7 Å². The summed E-state index contributed by atoms with van der Waals surface area (Å²) in [4.78, 5) is 25.1. The average Bonchev–Trinajstić information content (AvgIpc) is 3.24. The first-order valence-electron chi connectivity index (χ1n) is 9.43. The number of aromatic nitrogens is 1. The van der Waals surface area contributed by atoms with Crippen molar-refractivity contribution in [2.75, 3.05) is 7.11 Å². The summed E-state index contributed by atoms with van der Waals surface area (Å²) < 4.78 is 10.4. The van der Waals surface area contributed by atoms with Crippen LogP contribution in [0.5, 0.6) is 0 Å². The van der Waals surface area contributed by atoms with Crippen LogP contribution in [-0.4, -0.2) is 24.0 Å². The number of rotatable bonds is 5. The van der Waals surface area contributed by atoms with E-state index in [4.69, 9.17) is 9.26 Å². The number of benzene rings is 3. The van der Waals surface area contributed by atoms with Crippen molar-refractivity contribution in [3.63, 3.8) is 0 Å². The van der Waals surface area contributed by atoms with E-state index in [1.54, 1.807) is 36.4 Å². The van der Waals surface area contributed by atoms with Gasteiger partial charge in [0.15, 0.2) is 11.5 Å². The van der Waals surface area contributed by atoms with Gasteiger partial charge in [-0.25, -0.2) is 4.79 Å². The molecular formula is C25H19NO4. The number of nitrogens with zero attached hydrogens (tertiary/aromatic N) is 1. The van der Waals surface area contributed by atoms with Crippen LogP contribution in [0.1, 0.15) is 31.8 Å². The molecule has 0 radical (unpaired) electrons. The zero-order chi connectivity index (χ0) is 21.1. The third-order valence-corrected chi connectivity index (χ3v) is 4.85. The fourth-order valence-electron chi connectivity index (χ4n) is 3.22. The van der Waals surface area contributed by atoms with E-state index >= 15 is 0 Å². The maximum Gasteiger partial charge on any atom is 0.337 e. The van der Waals surface area contributed by atoms with Crippen molar-refractivity contribution in [3.8, 4) is 22.6 Å². The highest BCUT2D eigenvalue weighted by atomic mass is 16.5. The van der Waals surface area contributed by atoms with Gasteiger partial charge in [0.1, 0.15) is 5.69 Å². The number of aryl methyl sites for hydroxylation is 1. The molecule has 148 valence electrons. The number of hydrogen-bond donors (Lipinski definition) is 0. The topological polar surface area (TPSA) is 69.4 Å². The normalized spacial score (nSPS) is 10.6. The smallest absolute Gasteiger partial charge is 0.337 e. The first kappa shape index (κ1) is 19.3. The molecule has 0 saturated heterocycles. The van der Waals surface area contributed by atoms with Gasteiger partial charge < -0.3 is 9.26 Å². The van der Waals surface area contributed by atoms with Crippen LogP contribution in [0.25, 0.3) is 22.6 Å². The van der Waals surface area contributed by atoms with Gasteiger partial charge in [0.25, 0.3) is 0 Å². The van der Waals surface area contributed by atoms with Crippen LogP contribution in [0.15, 0.2) is 83.4 Å². The van der Waals surface area contributed by atoms with E-state index in [1.807, 2.05) is 49.4 Å². The molecule has 0 unspecified atom stereocenters. The van der Waals surface area contributed by atoms with Crippen LogP contribution in [0.3, 0.4) is 0 Å². The minimum absolute atomic E-state index is 0.181. The van der Waals surface area contributed by atoms with Gasteiger partial charge in [-0.2, -0.15) is 0 Å². The molecule has 1 aromatic heterocycles. The average molecular weight is 397 g/mol. The van der Waals surface area contributed by atoms with Crippen molar-refractivity contribution in [2.24, 2.45) is 0 Å². The van der Waals surface area contributed by atoms with Crippen molar-refractivity contribution in [1.82, 2.24) is 5.16 Å². The monoisotopic (exact) mass is 397 g/mol. The standard InChI is InChI=1S/C25H19NO4/c1-16-8-10-19(11-9-16)24-21(23(27)18-6-4-3-5-7-18)22(26-30-24)17-12-14-20(15-13-17)25(28)29-2/h3-15H,1-2H3. The third kappa shape index (κ3) is 3.65. The predicted molar refractivity (Wildman–Crippen MR) is 113 cm³/mol. The summed E-state index contributed by atoms with van der Waals surface area (Å²) in [5.74, 6) is -0.196. The van der Waals surface area contributed by atoms with Gasteiger partial charge in [0.2, 0.25) is 0 Å². The molecule has 0 aliphatic carbocycles. The molecule has 4 rings (SSSR count). The van der Waals surface area contributed by atoms with E-state index in [9.17, 15) is 9.59 Å². The largest absolute Gasteiger partial charge is 0.465 e. The Bertz CT molecular complexity index is 1190. The Balaban J connectivity index is 1.86. The Labute approximate surface area is 173 Å². The second-order valence-corrected chi connectivity index (χ2v) is 6.87. The highest BCUT2D eigenvalue weighted by Crippen LogP contribution is 2.34. The van der Waals surface area contributed by atoms with Crippen molar-refractivity contribution in [3.05, 3.63) is 101 Å². The van der Waals surface area contributed by atoms with Gasteiger partial charge in [0, 0.05) is 16.7 Å². The Hall–Kier alpha value is -3.99. The molecule has 4 aromatic rings. The van der Waals surface area contributed by atoms with Gasteiger partial charge in [-0.05, 0) is 19.1 Å². The summed E-state index contributed by atoms with van der Waals surface area (Å²) in [6, 6.07) is 23.5. The summed E-state index contributed by atoms with van der Waals surface area (Å²) in [6.07, 6.45) is 0. The SMILES string of the molecule is COC(=O)c1ccc(-c2noc(-c3ccc(C)cc3)c2C(=O)c2ccccc2)cc1. The van der Waals surface area contributed by atoms with E-state index in [2.05, 4.69) is 5.16 Å². The molecule has 0 bridgehead atoms. The molecule has 0 atom stereocenters. The number of esters is 1. The fraction of sp³-hybridized carbons (Fsp3) is 0.0800. The van der Waals surface area contributed by atoms with Crippen molar-refractivity contribution >= 4 is 11.8 Å². The highest BCUT2D eigenvalue weighted by molar-refractivity contribution is 6.15. The number of ketones is 1.